The second kappa shape index (κ2) is 6.28. The molecule has 0 aromatic heterocycles. The lowest BCUT2D eigenvalue weighted by Gasteiger charge is -2.12. The minimum absolute atomic E-state index is 0.0790. The highest BCUT2D eigenvalue weighted by Gasteiger charge is 2.11. The van der Waals surface area contributed by atoms with E-state index >= 15 is 0 Å². The first-order chi connectivity index (χ1) is 10.0. The van der Waals surface area contributed by atoms with Crippen molar-refractivity contribution in [1.29, 1.82) is 0 Å². The van der Waals surface area contributed by atoms with Crippen LogP contribution in [0.1, 0.15) is 20.7 Å². The van der Waals surface area contributed by atoms with Crippen LogP contribution in [-0.2, 0) is 0 Å². The smallest absolute Gasteiger partial charge is 0.255 e. The highest BCUT2D eigenvalue weighted by atomic mass is 35.5. The predicted molar refractivity (Wildman–Crippen MR) is 76.7 cm³/mol. The number of methoxy groups -OCH3 is 1. The molecule has 2 aromatic rings. The van der Waals surface area contributed by atoms with E-state index in [1.165, 1.54) is 25.3 Å². The summed E-state index contributed by atoms with van der Waals surface area (Å²) in [4.78, 5) is 23.2. The van der Waals surface area contributed by atoms with Gasteiger partial charge in [0.25, 0.3) is 5.91 Å². The van der Waals surface area contributed by atoms with Gasteiger partial charge >= 0.3 is 0 Å². The molecular weight excluding hydrogens is 294 g/mol. The van der Waals surface area contributed by atoms with Crippen LogP contribution >= 0.6 is 11.6 Å². The zero-order valence-corrected chi connectivity index (χ0v) is 11.8. The largest absolute Gasteiger partial charge is 0.545 e. The average Bonchev–Trinajstić information content (AvgIpc) is 2.47. The summed E-state index contributed by atoms with van der Waals surface area (Å²) in [5.74, 6) is -1.35. The molecule has 1 N–H and O–H groups in total. The number of hydrogen-bond donors (Lipinski definition) is 1. The van der Waals surface area contributed by atoms with E-state index < -0.39 is 11.9 Å². The molecule has 0 bridgehead atoms. The summed E-state index contributed by atoms with van der Waals surface area (Å²) in [6, 6.07) is 10.5. The molecule has 0 radical (unpaired) electrons. The van der Waals surface area contributed by atoms with Gasteiger partial charge in [-0.1, -0.05) is 17.7 Å². The fourth-order valence-electron chi connectivity index (χ4n) is 1.76. The summed E-state index contributed by atoms with van der Waals surface area (Å²) in [6.07, 6.45) is 0. The molecule has 5 nitrogen and oxygen atoms in total. The summed E-state index contributed by atoms with van der Waals surface area (Å²) in [5, 5.41) is 13.8. The van der Waals surface area contributed by atoms with Crippen LogP contribution in [0.15, 0.2) is 42.5 Å². The van der Waals surface area contributed by atoms with Crippen molar-refractivity contribution >= 4 is 29.2 Å². The molecule has 0 aliphatic heterocycles. The Morgan fingerprint density at radius 1 is 1.19 bits per heavy atom. The summed E-state index contributed by atoms with van der Waals surface area (Å²) in [6.45, 7) is 0. The first-order valence-electron chi connectivity index (χ1n) is 5.97. The first-order valence-corrected chi connectivity index (χ1v) is 6.35. The second-order valence-corrected chi connectivity index (χ2v) is 4.60. The quantitative estimate of drug-likeness (QED) is 0.936. The van der Waals surface area contributed by atoms with Crippen molar-refractivity contribution in [3.63, 3.8) is 0 Å². The van der Waals surface area contributed by atoms with Gasteiger partial charge in [0, 0.05) is 16.1 Å². The predicted octanol–water partition coefficient (Wildman–Crippen LogP) is 1.96. The van der Waals surface area contributed by atoms with Crippen molar-refractivity contribution in [3.8, 4) is 5.75 Å². The van der Waals surface area contributed by atoms with Crippen LogP contribution in [0.25, 0.3) is 0 Å². The van der Waals surface area contributed by atoms with Crippen molar-refractivity contribution in [1.82, 2.24) is 0 Å². The van der Waals surface area contributed by atoms with E-state index in [0.717, 1.165) is 0 Å². The van der Waals surface area contributed by atoms with Gasteiger partial charge in [-0.25, -0.2) is 0 Å². The maximum atomic E-state index is 12.1. The van der Waals surface area contributed by atoms with Gasteiger partial charge in [-0.05, 0) is 36.4 Å². The molecule has 21 heavy (non-hydrogen) atoms. The Hall–Kier alpha value is -2.53. The fourth-order valence-corrected chi connectivity index (χ4v) is 1.93. The lowest BCUT2D eigenvalue weighted by molar-refractivity contribution is -0.254. The van der Waals surface area contributed by atoms with Gasteiger partial charge in [0.05, 0.1) is 18.8 Å². The van der Waals surface area contributed by atoms with Crippen LogP contribution in [0.2, 0.25) is 5.02 Å². The Balaban J connectivity index is 2.30. The number of benzene rings is 2. The minimum Gasteiger partial charge on any atom is -0.545 e. The molecule has 1 amide bonds. The van der Waals surface area contributed by atoms with Crippen LogP contribution < -0.4 is 15.2 Å². The van der Waals surface area contributed by atoms with E-state index in [4.69, 9.17) is 16.3 Å². The van der Waals surface area contributed by atoms with E-state index in [-0.39, 0.29) is 11.3 Å². The molecular formula is C15H11ClNO4-. The monoisotopic (exact) mass is 304 g/mol. The number of rotatable bonds is 4. The number of carbonyl (C=O) groups is 2. The molecule has 0 aliphatic rings. The number of anilines is 1. The van der Waals surface area contributed by atoms with Crippen LogP contribution in [0, 0.1) is 0 Å². The normalized spacial score (nSPS) is 10.0. The molecule has 0 fully saturated rings. The number of nitrogens with one attached hydrogen (secondary N) is 1. The Morgan fingerprint density at radius 2 is 1.95 bits per heavy atom. The third-order valence-electron chi connectivity index (χ3n) is 2.78. The molecule has 0 spiro atoms. The van der Waals surface area contributed by atoms with E-state index in [1.54, 1.807) is 24.3 Å². The number of carbonyl (C=O) groups excluding carboxylic acids is 2. The standard InChI is InChI=1S/C15H12ClNO4/c1-21-11-4-2-3-9(7-11)14(18)17-13-8-10(16)5-6-12(13)15(19)20/h2-8H,1H3,(H,17,18)(H,19,20)/p-1. The highest BCUT2D eigenvalue weighted by molar-refractivity contribution is 6.31. The zero-order valence-electron chi connectivity index (χ0n) is 11.1. The van der Waals surface area contributed by atoms with Crippen molar-refractivity contribution in [2.24, 2.45) is 0 Å². The second-order valence-electron chi connectivity index (χ2n) is 4.16. The molecule has 6 heteroatoms. The lowest BCUT2D eigenvalue weighted by atomic mass is 10.1. The van der Waals surface area contributed by atoms with Gasteiger partial charge in [0.1, 0.15) is 5.75 Å². The van der Waals surface area contributed by atoms with Crippen molar-refractivity contribution in [3.05, 3.63) is 58.6 Å². The number of halogens is 1. The van der Waals surface area contributed by atoms with Crippen LogP contribution in [0.5, 0.6) is 5.75 Å². The van der Waals surface area contributed by atoms with Crippen molar-refractivity contribution in [2.75, 3.05) is 12.4 Å². The van der Waals surface area contributed by atoms with Gasteiger partial charge < -0.3 is 20.0 Å². The summed E-state index contributed by atoms with van der Waals surface area (Å²) in [5.41, 5.74) is 0.268. The fraction of sp³-hybridized carbons (Fsp3) is 0.0667. The molecule has 0 saturated carbocycles. The lowest BCUT2D eigenvalue weighted by Crippen LogP contribution is -2.24. The molecule has 108 valence electrons. The molecule has 0 heterocycles. The molecule has 0 aliphatic carbocycles. The number of hydrogen-bond acceptors (Lipinski definition) is 4. The number of ether oxygens (including phenoxy) is 1. The summed E-state index contributed by atoms with van der Waals surface area (Å²) < 4.78 is 5.03. The third-order valence-corrected chi connectivity index (χ3v) is 3.02. The maximum absolute atomic E-state index is 12.1. The first kappa shape index (κ1) is 14.9. The van der Waals surface area contributed by atoms with Gasteiger partial charge in [-0.15, -0.1) is 0 Å². The average molecular weight is 305 g/mol. The SMILES string of the molecule is COc1cccc(C(=O)Nc2cc(Cl)ccc2C(=O)[O-])c1. The zero-order chi connectivity index (χ0) is 15.4. The summed E-state index contributed by atoms with van der Waals surface area (Å²) in [7, 11) is 1.49. The number of carboxylic acid groups (broad SMARTS) is 1. The molecule has 0 atom stereocenters. The van der Waals surface area contributed by atoms with E-state index in [1.807, 2.05) is 0 Å². The topological polar surface area (TPSA) is 78.5 Å². The summed E-state index contributed by atoms with van der Waals surface area (Å²) >= 11 is 5.81. The van der Waals surface area contributed by atoms with Gasteiger partial charge in [-0.3, -0.25) is 4.79 Å². The van der Waals surface area contributed by atoms with Crippen LogP contribution in [-0.4, -0.2) is 19.0 Å². The Morgan fingerprint density at radius 3 is 2.62 bits per heavy atom. The molecule has 0 unspecified atom stereocenters. The highest BCUT2D eigenvalue weighted by Crippen LogP contribution is 2.22. The van der Waals surface area contributed by atoms with Crippen LogP contribution in [0.4, 0.5) is 5.69 Å². The van der Waals surface area contributed by atoms with Crippen LogP contribution in [0.3, 0.4) is 0 Å². The number of amides is 1. The van der Waals surface area contributed by atoms with Gasteiger partial charge in [0.15, 0.2) is 0 Å². The Labute approximate surface area is 126 Å². The van der Waals surface area contributed by atoms with Crippen molar-refractivity contribution < 1.29 is 19.4 Å². The molecule has 2 aromatic carbocycles. The Kier molecular flexibility index (Phi) is 4.45. The minimum atomic E-state index is -1.40. The molecule has 2 rings (SSSR count). The van der Waals surface area contributed by atoms with E-state index in [0.29, 0.717) is 16.3 Å². The maximum Gasteiger partial charge on any atom is 0.255 e. The van der Waals surface area contributed by atoms with Crippen molar-refractivity contribution in [2.45, 2.75) is 0 Å². The van der Waals surface area contributed by atoms with Gasteiger partial charge in [-0.2, -0.15) is 0 Å². The number of aromatic carboxylic acids is 1. The van der Waals surface area contributed by atoms with Gasteiger partial charge in [0.2, 0.25) is 0 Å². The van der Waals surface area contributed by atoms with E-state index in [9.17, 15) is 14.7 Å². The Bertz CT molecular complexity index is 700. The van der Waals surface area contributed by atoms with E-state index in [2.05, 4.69) is 5.32 Å². The third kappa shape index (κ3) is 3.52. The molecule has 0 saturated heterocycles. The number of carboxylic acids is 1.